The molecular formula is C24H21ClN2O4S. The molecule has 0 bridgehead atoms. The first-order valence-electron chi connectivity index (χ1n) is 9.89. The average molecular weight is 469 g/mol. The topological polar surface area (TPSA) is 87.0 Å². The molecule has 1 aliphatic heterocycles. The lowest BCUT2D eigenvalue weighted by molar-refractivity contribution is -0.134. The van der Waals surface area contributed by atoms with Crippen molar-refractivity contribution < 1.29 is 18.3 Å². The maximum Gasteiger partial charge on any atom is 0.236 e. The Balaban J connectivity index is 1.73. The number of aliphatic hydroxyl groups is 1. The van der Waals surface area contributed by atoms with Crippen molar-refractivity contribution in [3.8, 4) is 0 Å². The monoisotopic (exact) mass is 468 g/mol. The third kappa shape index (κ3) is 4.60. The van der Waals surface area contributed by atoms with Gasteiger partial charge >= 0.3 is 0 Å². The standard InChI is InChI=1S/C24H21ClN2O4S/c1-32(30,31)21-13-7-18(8-14-21)23-26-24(29,22(28)15-17-5-3-2-4-6-17)16-27(23)20-11-9-19(25)10-12-20/h2-14,29H,15-16H2,1H3. The summed E-state index contributed by atoms with van der Waals surface area (Å²) in [5, 5.41) is 11.8. The molecule has 1 atom stereocenters. The summed E-state index contributed by atoms with van der Waals surface area (Å²) < 4.78 is 23.6. The van der Waals surface area contributed by atoms with Crippen molar-refractivity contribution in [2.75, 3.05) is 17.7 Å². The Morgan fingerprint density at radius 3 is 2.25 bits per heavy atom. The zero-order valence-electron chi connectivity index (χ0n) is 17.3. The first-order valence-corrected chi connectivity index (χ1v) is 12.2. The second-order valence-electron chi connectivity index (χ2n) is 7.70. The van der Waals surface area contributed by atoms with Gasteiger partial charge in [-0.2, -0.15) is 0 Å². The molecule has 0 fully saturated rings. The number of aliphatic imine (C=N–C) groups is 1. The maximum atomic E-state index is 13.0. The van der Waals surface area contributed by atoms with Gasteiger partial charge in [0.1, 0.15) is 5.84 Å². The van der Waals surface area contributed by atoms with Gasteiger partial charge in [0.15, 0.2) is 15.6 Å². The summed E-state index contributed by atoms with van der Waals surface area (Å²) in [6.07, 6.45) is 1.17. The number of β-amino-alcohol motifs (C(OH)–C–C–N with tert-alkyl or cyclic N) is 1. The lowest BCUT2D eigenvalue weighted by Crippen LogP contribution is -2.43. The Hall–Kier alpha value is -3.00. The third-order valence-corrected chi connectivity index (χ3v) is 6.64. The summed E-state index contributed by atoms with van der Waals surface area (Å²) in [6.45, 7) is -0.0660. The first kappa shape index (κ1) is 22.2. The predicted octanol–water partition coefficient (Wildman–Crippen LogP) is 3.51. The van der Waals surface area contributed by atoms with Crippen LogP contribution in [0.3, 0.4) is 0 Å². The van der Waals surface area contributed by atoms with Crippen molar-refractivity contribution in [2.45, 2.75) is 17.0 Å². The summed E-state index contributed by atoms with van der Waals surface area (Å²) in [7, 11) is -3.36. The molecule has 3 aromatic rings. The number of hydrogen-bond donors (Lipinski definition) is 1. The number of nitrogens with zero attached hydrogens (tertiary/aromatic N) is 2. The molecule has 0 aromatic heterocycles. The van der Waals surface area contributed by atoms with Crippen LogP contribution in [0.2, 0.25) is 5.02 Å². The van der Waals surface area contributed by atoms with Crippen LogP contribution in [-0.2, 0) is 21.1 Å². The van der Waals surface area contributed by atoms with Crippen LogP contribution in [0.15, 0.2) is 88.8 Å². The van der Waals surface area contributed by atoms with Crippen LogP contribution in [0.1, 0.15) is 11.1 Å². The number of sulfone groups is 1. The summed E-state index contributed by atoms with van der Waals surface area (Å²) >= 11 is 6.02. The fourth-order valence-corrected chi connectivity index (χ4v) is 4.30. The fraction of sp³-hybridized carbons (Fsp3) is 0.167. The van der Waals surface area contributed by atoms with Gasteiger partial charge in [0.2, 0.25) is 5.72 Å². The van der Waals surface area contributed by atoms with Crippen LogP contribution < -0.4 is 4.90 Å². The zero-order valence-corrected chi connectivity index (χ0v) is 18.8. The van der Waals surface area contributed by atoms with Crippen LogP contribution >= 0.6 is 11.6 Å². The highest BCUT2D eigenvalue weighted by atomic mass is 35.5. The van der Waals surface area contributed by atoms with Gasteiger partial charge in [-0.3, -0.25) is 4.79 Å². The zero-order chi connectivity index (χ0) is 22.9. The minimum absolute atomic E-state index is 0.0373. The number of amidine groups is 1. The highest BCUT2D eigenvalue weighted by Gasteiger charge is 2.44. The summed E-state index contributed by atoms with van der Waals surface area (Å²) in [6, 6.07) is 22.3. The molecule has 1 N–H and O–H groups in total. The van der Waals surface area contributed by atoms with E-state index in [9.17, 15) is 18.3 Å². The van der Waals surface area contributed by atoms with Gasteiger partial charge < -0.3 is 10.0 Å². The maximum absolute atomic E-state index is 13.0. The van der Waals surface area contributed by atoms with E-state index in [1.54, 1.807) is 41.3 Å². The van der Waals surface area contributed by atoms with Gasteiger partial charge in [0.05, 0.1) is 11.4 Å². The molecule has 0 amide bonds. The number of hydrogen-bond acceptors (Lipinski definition) is 6. The second kappa shape index (κ2) is 8.50. The lowest BCUT2D eigenvalue weighted by atomic mass is 10.0. The van der Waals surface area contributed by atoms with Crippen molar-refractivity contribution in [3.05, 3.63) is 95.0 Å². The summed E-state index contributed by atoms with van der Waals surface area (Å²) in [4.78, 5) is 19.4. The van der Waals surface area contributed by atoms with Crippen molar-refractivity contribution in [3.63, 3.8) is 0 Å². The van der Waals surface area contributed by atoms with Gasteiger partial charge in [-0.25, -0.2) is 13.4 Å². The molecule has 1 unspecified atom stereocenters. The highest BCUT2D eigenvalue weighted by Crippen LogP contribution is 2.30. The number of carbonyl (C=O) groups is 1. The van der Waals surface area contributed by atoms with E-state index in [-0.39, 0.29) is 17.9 Å². The van der Waals surface area contributed by atoms with E-state index < -0.39 is 21.3 Å². The largest absolute Gasteiger partial charge is 0.362 e. The van der Waals surface area contributed by atoms with Crippen LogP contribution in [-0.4, -0.2) is 43.7 Å². The van der Waals surface area contributed by atoms with Crippen LogP contribution in [0.25, 0.3) is 0 Å². The van der Waals surface area contributed by atoms with Gasteiger partial charge in [0.25, 0.3) is 0 Å². The van der Waals surface area contributed by atoms with E-state index in [1.165, 1.54) is 12.1 Å². The minimum Gasteiger partial charge on any atom is -0.362 e. The molecule has 3 aromatic carbocycles. The smallest absolute Gasteiger partial charge is 0.236 e. The molecule has 32 heavy (non-hydrogen) atoms. The van der Waals surface area contributed by atoms with E-state index >= 15 is 0 Å². The Morgan fingerprint density at radius 2 is 1.66 bits per heavy atom. The lowest BCUT2D eigenvalue weighted by Gasteiger charge is -2.23. The van der Waals surface area contributed by atoms with Crippen LogP contribution in [0.5, 0.6) is 0 Å². The van der Waals surface area contributed by atoms with Gasteiger partial charge in [-0.05, 0) is 54.1 Å². The molecular weight excluding hydrogens is 448 g/mol. The van der Waals surface area contributed by atoms with E-state index in [0.717, 1.165) is 11.8 Å². The molecule has 0 saturated heterocycles. The average Bonchev–Trinajstić information content (AvgIpc) is 3.13. The van der Waals surface area contributed by atoms with E-state index in [4.69, 9.17) is 11.6 Å². The molecule has 1 heterocycles. The number of anilines is 1. The molecule has 4 rings (SSSR count). The van der Waals surface area contributed by atoms with E-state index in [2.05, 4.69) is 4.99 Å². The Kier molecular flexibility index (Phi) is 5.90. The van der Waals surface area contributed by atoms with Gasteiger partial charge in [-0.15, -0.1) is 0 Å². The van der Waals surface area contributed by atoms with Crippen molar-refractivity contribution in [2.24, 2.45) is 4.99 Å². The molecule has 6 nitrogen and oxygen atoms in total. The molecule has 164 valence electrons. The number of carbonyl (C=O) groups excluding carboxylic acids is 1. The Bertz CT molecular complexity index is 1270. The molecule has 0 radical (unpaired) electrons. The molecule has 0 aliphatic carbocycles. The quantitative estimate of drug-likeness (QED) is 0.598. The molecule has 0 saturated carbocycles. The number of Topliss-reactive ketones (excluding diaryl/α,β-unsaturated/α-hetero) is 1. The fourth-order valence-electron chi connectivity index (χ4n) is 3.55. The second-order valence-corrected chi connectivity index (χ2v) is 10.1. The SMILES string of the molecule is CS(=O)(=O)c1ccc(C2=NC(O)(C(=O)Cc3ccccc3)CN2c2ccc(Cl)cc2)cc1. The van der Waals surface area contributed by atoms with Crippen molar-refractivity contribution in [1.29, 1.82) is 0 Å². The third-order valence-electron chi connectivity index (χ3n) is 5.26. The Morgan fingerprint density at radius 1 is 1.03 bits per heavy atom. The van der Waals surface area contributed by atoms with E-state index in [0.29, 0.717) is 22.1 Å². The van der Waals surface area contributed by atoms with Gasteiger partial charge in [-0.1, -0.05) is 41.9 Å². The summed E-state index contributed by atoms with van der Waals surface area (Å²) in [5.74, 6) is -0.0540. The molecule has 1 aliphatic rings. The number of benzene rings is 3. The number of rotatable bonds is 6. The first-order chi connectivity index (χ1) is 15.2. The van der Waals surface area contributed by atoms with Gasteiger partial charge in [0, 0.05) is 29.0 Å². The minimum atomic E-state index is -3.36. The number of ketones is 1. The highest BCUT2D eigenvalue weighted by molar-refractivity contribution is 7.90. The molecule has 8 heteroatoms. The van der Waals surface area contributed by atoms with Crippen LogP contribution in [0.4, 0.5) is 5.69 Å². The summed E-state index contributed by atoms with van der Waals surface area (Å²) in [5.41, 5.74) is 0.116. The van der Waals surface area contributed by atoms with Crippen LogP contribution in [0, 0.1) is 0 Å². The van der Waals surface area contributed by atoms with E-state index in [1.807, 2.05) is 30.3 Å². The molecule has 0 spiro atoms. The van der Waals surface area contributed by atoms with Crippen molar-refractivity contribution >= 4 is 38.7 Å². The normalized spacial score (nSPS) is 18.5. The van der Waals surface area contributed by atoms with Crippen molar-refractivity contribution in [1.82, 2.24) is 0 Å². The Labute approximate surface area is 191 Å². The predicted molar refractivity (Wildman–Crippen MR) is 125 cm³/mol. The number of halogens is 1.